The van der Waals surface area contributed by atoms with Gasteiger partial charge in [-0.1, -0.05) is 12.2 Å². The SMILES string of the molecule is O=CNCC(=O)C=S. The number of rotatable bonds is 4. The van der Waals surface area contributed by atoms with Gasteiger partial charge in [-0.05, 0) is 0 Å². The molecular weight excluding hydrogens is 126 g/mol. The number of ketones is 1. The fraction of sp³-hybridized carbons (Fsp3) is 0.250. The van der Waals surface area contributed by atoms with Crippen LogP contribution in [0.4, 0.5) is 0 Å². The molecule has 44 valence electrons. The molecule has 0 aliphatic carbocycles. The first-order chi connectivity index (χ1) is 3.81. The predicted octanol–water partition coefficient (Wildman–Crippen LogP) is -0.699. The molecule has 0 aromatic carbocycles. The summed E-state index contributed by atoms with van der Waals surface area (Å²) in [5.74, 6) is -0.257. The molecule has 0 saturated carbocycles. The third-order valence-electron chi connectivity index (χ3n) is 0.491. The highest BCUT2D eigenvalue weighted by Gasteiger charge is 1.90. The Morgan fingerprint density at radius 3 is 2.75 bits per heavy atom. The number of hydrogen-bond acceptors (Lipinski definition) is 3. The molecule has 8 heavy (non-hydrogen) atoms. The zero-order valence-corrected chi connectivity index (χ0v) is 4.90. The average molecular weight is 131 g/mol. The predicted molar refractivity (Wildman–Crippen MR) is 32.7 cm³/mol. The van der Waals surface area contributed by atoms with Crippen molar-refractivity contribution >= 4 is 29.8 Å². The monoisotopic (exact) mass is 131 g/mol. The Bertz CT molecular complexity index is 113. The smallest absolute Gasteiger partial charge is 0.207 e. The third kappa shape index (κ3) is 3.42. The highest BCUT2D eigenvalue weighted by atomic mass is 32.1. The molecular formula is C4H5NO2S. The second kappa shape index (κ2) is 4.39. The molecule has 0 bridgehead atoms. The molecule has 0 spiro atoms. The first-order valence-corrected chi connectivity index (χ1v) is 2.43. The minimum absolute atomic E-state index is 0.00694. The summed E-state index contributed by atoms with van der Waals surface area (Å²) in [7, 11) is 0. The molecule has 0 aromatic heterocycles. The lowest BCUT2D eigenvalue weighted by Gasteiger charge is -1.87. The molecule has 0 aliphatic rings. The molecule has 3 nitrogen and oxygen atoms in total. The standard InChI is InChI=1S/C4H5NO2S/c6-3-5-1-4(7)2-8/h2-3H,1H2,(H,5,6). The van der Waals surface area contributed by atoms with Crippen molar-refractivity contribution in [2.75, 3.05) is 6.54 Å². The van der Waals surface area contributed by atoms with Crippen molar-refractivity contribution in [2.24, 2.45) is 0 Å². The highest BCUT2D eigenvalue weighted by molar-refractivity contribution is 7.80. The van der Waals surface area contributed by atoms with Crippen LogP contribution in [0.5, 0.6) is 0 Å². The van der Waals surface area contributed by atoms with Crippen LogP contribution in [0.3, 0.4) is 0 Å². The van der Waals surface area contributed by atoms with E-state index in [0.29, 0.717) is 6.41 Å². The molecule has 0 saturated heterocycles. The van der Waals surface area contributed by atoms with Crippen molar-refractivity contribution in [1.82, 2.24) is 5.32 Å². The van der Waals surface area contributed by atoms with E-state index in [0.717, 1.165) is 5.37 Å². The van der Waals surface area contributed by atoms with Crippen LogP contribution >= 0.6 is 12.2 Å². The Morgan fingerprint density at radius 2 is 2.38 bits per heavy atom. The van der Waals surface area contributed by atoms with E-state index in [1.54, 1.807) is 0 Å². The number of nitrogens with one attached hydrogen (secondary N) is 1. The maximum absolute atomic E-state index is 10.2. The van der Waals surface area contributed by atoms with Gasteiger partial charge in [0, 0.05) is 5.37 Å². The lowest BCUT2D eigenvalue weighted by Crippen LogP contribution is -2.21. The van der Waals surface area contributed by atoms with Crippen LogP contribution in [-0.2, 0) is 9.59 Å². The highest BCUT2D eigenvalue weighted by Crippen LogP contribution is 1.59. The molecule has 1 N–H and O–H groups in total. The first kappa shape index (κ1) is 7.23. The Kier molecular flexibility index (Phi) is 3.97. The van der Waals surface area contributed by atoms with Crippen LogP contribution in [0, 0.1) is 0 Å². The van der Waals surface area contributed by atoms with Gasteiger partial charge < -0.3 is 5.32 Å². The zero-order chi connectivity index (χ0) is 6.41. The summed E-state index contributed by atoms with van der Waals surface area (Å²) in [6, 6.07) is 0. The van der Waals surface area contributed by atoms with Gasteiger partial charge in [-0.15, -0.1) is 0 Å². The van der Waals surface area contributed by atoms with E-state index >= 15 is 0 Å². The summed E-state index contributed by atoms with van der Waals surface area (Å²) in [5, 5.41) is 3.17. The van der Waals surface area contributed by atoms with E-state index in [9.17, 15) is 9.59 Å². The van der Waals surface area contributed by atoms with E-state index in [1.807, 2.05) is 0 Å². The number of thiocarbonyl (C=S) groups is 1. The van der Waals surface area contributed by atoms with Crippen LogP contribution in [-0.4, -0.2) is 24.1 Å². The van der Waals surface area contributed by atoms with E-state index < -0.39 is 0 Å². The Morgan fingerprint density at radius 1 is 1.75 bits per heavy atom. The summed E-state index contributed by atoms with van der Waals surface area (Å²) in [6.07, 6.45) is 0.455. The Balaban J connectivity index is 3.24. The van der Waals surface area contributed by atoms with Crippen molar-refractivity contribution in [3.63, 3.8) is 0 Å². The summed E-state index contributed by atoms with van der Waals surface area (Å²) in [4.78, 5) is 19.7. The van der Waals surface area contributed by atoms with Crippen LogP contribution in [0.25, 0.3) is 0 Å². The number of hydrogen-bond donors (Lipinski definition) is 1. The van der Waals surface area contributed by atoms with Crippen molar-refractivity contribution in [3.8, 4) is 0 Å². The maximum Gasteiger partial charge on any atom is 0.207 e. The average Bonchev–Trinajstić information content (AvgIpc) is 1.83. The normalized spacial score (nSPS) is 7.50. The van der Waals surface area contributed by atoms with Crippen LogP contribution < -0.4 is 5.32 Å². The van der Waals surface area contributed by atoms with Gasteiger partial charge in [0.15, 0.2) is 5.78 Å². The van der Waals surface area contributed by atoms with E-state index in [2.05, 4.69) is 17.5 Å². The van der Waals surface area contributed by atoms with Gasteiger partial charge in [0.25, 0.3) is 0 Å². The van der Waals surface area contributed by atoms with Crippen LogP contribution in [0.1, 0.15) is 0 Å². The van der Waals surface area contributed by atoms with Crippen LogP contribution in [0.15, 0.2) is 0 Å². The summed E-state index contributed by atoms with van der Waals surface area (Å²) in [6.45, 7) is 0.00694. The third-order valence-corrected chi connectivity index (χ3v) is 0.754. The van der Waals surface area contributed by atoms with Gasteiger partial charge >= 0.3 is 0 Å². The van der Waals surface area contributed by atoms with Crippen molar-refractivity contribution in [2.45, 2.75) is 0 Å². The zero-order valence-electron chi connectivity index (χ0n) is 4.09. The minimum atomic E-state index is -0.257. The molecule has 0 rings (SSSR count). The second-order valence-electron chi connectivity index (χ2n) is 1.08. The number of carbonyl (C=O) groups is 2. The lowest BCUT2D eigenvalue weighted by molar-refractivity contribution is -0.115. The van der Waals surface area contributed by atoms with Gasteiger partial charge in [-0.25, -0.2) is 0 Å². The van der Waals surface area contributed by atoms with E-state index in [-0.39, 0.29) is 12.3 Å². The molecule has 0 aliphatic heterocycles. The van der Waals surface area contributed by atoms with Gasteiger partial charge in [0.1, 0.15) is 0 Å². The first-order valence-electron chi connectivity index (χ1n) is 1.96. The minimum Gasteiger partial charge on any atom is -0.351 e. The van der Waals surface area contributed by atoms with Gasteiger partial charge in [0.2, 0.25) is 6.41 Å². The summed E-state index contributed by atoms with van der Waals surface area (Å²) < 4.78 is 0. The molecule has 0 fully saturated rings. The quantitative estimate of drug-likeness (QED) is 0.405. The molecule has 0 heterocycles. The molecule has 1 amide bonds. The lowest BCUT2D eigenvalue weighted by atomic mass is 10.4. The van der Waals surface area contributed by atoms with Gasteiger partial charge in [-0.3, -0.25) is 9.59 Å². The van der Waals surface area contributed by atoms with E-state index in [1.165, 1.54) is 0 Å². The maximum atomic E-state index is 10.2. The van der Waals surface area contributed by atoms with Gasteiger partial charge in [-0.2, -0.15) is 0 Å². The summed E-state index contributed by atoms with van der Waals surface area (Å²) >= 11 is 4.26. The molecule has 0 aromatic rings. The largest absolute Gasteiger partial charge is 0.351 e. The van der Waals surface area contributed by atoms with Crippen molar-refractivity contribution in [3.05, 3.63) is 0 Å². The fourth-order valence-electron chi connectivity index (χ4n) is 0.184. The molecule has 4 heteroatoms. The summed E-state index contributed by atoms with van der Waals surface area (Å²) in [5.41, 5.74) is 0. The topological polar surface area (TPSA) is 46.2 Å². The van der Waals surface area contributed by atoms with Crippen LogP contribution in [0.2, 0.25) is 0 Å². The van der Waals surface area contributed by atoms with E-state index in [4.69, 9.17) is 0 Å². The second-order valence-corrected chi connectivity index (χ2v) is 1.32. The Labute approximate surface area is 52.1 Å². The number of carbonyl (C=O) groups excluding carboxylic acids is 2. The van der Waals surface area contributed by atoms with Crippen molar-refractivity contribution < 1.29 is 9.59 Å². The number of Topliss-reactive ketones (excluding diaryl/α,β-unsaturated/α-hetero) is 1. The van der Waals surface area contributed by atoms with Crippen molar-refractivity contribution in [1.29, 1.82) is 0 Å². The van der Waals surface area contributed by atoms with Gasteiger partial charge in [0.05, 0.1) is 6.54 Å². The molecule has 0 unspecified atom stereocenters. The number of amides is 1. The fourth-order valence-corrected chi connectivity index (χ4v) is 0.267. The molecule has 0 atom stereocenters. The Hall–Kier alpha value is -0.770. The molecule has 0 radical (unpaired) electrons.